The minimum atomic E-state index is -0.405. The molecule has 92 valence electrons. The summed E-state index contributed by atoms with van der Waals surface area (Å²) in [6, 6.07) is 4.85. The van der Waals surface area contributed by atoms with E-state index in [-0.39, 0.29) is 18.1 Å². The van der Waals surface area contributed by atoms with Gasteiger partial charge in [-0.3, -0.25) is 14.9 Å². The second-order valence-electron chi connectivity index (χ2n) is 3.82. The second-order valence-corrected chi connectivity index (χ2v) is 4.81. The van der Waals surface area contributed by atoms with Crippen LogP contribution >= 0.6 is 11.8 Å². The molecule has 1 aromatic rings. The Morgan fingerprint density at radius 2 is 2.33 bits per heavy atom. The summed E-state index contributed by atoms with van der Waals surface area (Å²) in [5.41, 5.74) is 3.16. The maximum absolute atomic E-state index is 11.3. The van der Waals surface area contributed by atoms with Crippen LogP contribution in [0, 0.1) is 10.1 Å². The molecule has 0 atom stereocenters. The van der Waals surface area contributed by atoms with E-state index < -0.39 is 4.92 Å². The zero-order chi connectivity index (χ0) is 12.7. The van der Waals surface area contributed by atoms with Crippen LogP contribution in [0.1, 0.15) is 0 Å². The zero-order valence-electron chi connectivity index (χ0n) is 9.12. The molecule has 2 aliphatic heterocycles. The Bertz CT molecular complexity index is 586. The van der Waals surface area contributed by atoms with Crippen LogP contribution in [0.4, 0.5) is 11.4 Å². The van der Waals surface area contributed by atoms with E-state index >= 15 is 0 Å². The number of amidine groups is 1. The number of nitrogens with one attached hydrogen (secondary N) is 1. The molecular weight excluding hydrogens is 256 g/mol. The van der Waals surface area contributed by atoms with Crippen LogP contribution in [0.15, 0.2) is 28.2 Å². The van der Waals surface area contributed by atoms with E-state index in [1.165, 1.54) is 17.8 Å². The number of hydrazone groups is 1. The summed E-state index contributed by atoms with van der Waals surface area (Å²) in [5.74, 6) is 1.01. The summed E-state index contributed by atoms with van der Waals surface area (Å²) < 4.78 is 0. The fourth-order valence-corrected chi connectivity index (χ4v) is 3.06. The molecule has 0 saturated carbocycles. The van der Waals surface area contributed by atoms with Crippen molar-refractivity contribution >= 4 is 34.9 Å². The standard InChI is InChI=1S/C10H8N4O3S/c15-9-4-13-6-2-1-3-7(14(16)17)10(6)18-5-8(13)11-12-9/h1-3H,4-5H2,(H,12,15). The first kappa shape index (κ1) is 11.0. The van der Waals surface area contributed by atoms with Gasteiger partial charge < -0.3 is 4.90 Å². The van der Waals surface area contributed by atoms with Gasteiger partial charge in [-0.15, -0.1) is 11.8 Å². The number of rotatable bonds is 1. The van der Waals surface area contributed by atoms with Crippen molar-refractivity contribution in [1.82, 2.24) is 5.43 Å². The number of nitro groups is 1. The topological polar surface area (TPSA) is 87.8 Å². The van der Waals surface area contributed by atoms with Gasteiger partial charge in [-0.05, 0) is 6.07 Å². The van der Waals surface area contributed by atoms with Crippen molar-refractivity contribution in [2.24, 2.45) is 5.10 Å². The summed E-state index contributed by atoms with van der Waals surface area (Å²) in [4.78, 5) is 24.2. The van der Waals surface area contributed by atoms with Gasteiger partial charge in [0.25, 0.3) is 11.6 Å². The third kappa shape index (κ3) is 1.61. The Hall–Kier alpha value is -2.09. The molecule has 1 N–H and O–H groups in total. The van der Waals surface area contributed by atoms with E-state index in [0.29, 0.717) is 22.2 Å². The Kier molecular flexibility index (Phi) is 2.44. The number of thioether (sulfide) groups is 1. The first-order valence-electron chi connectivity index (χ1n) is 5.20. The first-order chi connectivity index (χ1) is 8.66. The van der Waals surface area contributed by atoms with Gasteiger partial charge in [0, 0.05) is 6.07 Å². The van der Waals surface area contributed by atoms with Crippen molar-refractivity contribution in [2.75, 3.05) is 17.2 Å². The number of nitro benzene ring substituents is 1. The Labute approximate surface area is 106 Å². The van der Waals surface area contributed by atoms with Crippen LogP contribution in [-0.2, 0) is 4.79 Å². The Morgan fingerprint density at radius 1 is 1.50 bits per heavy atom. The molecule has 0 spiro atoms. The molecule has 2 heterocycles. The second kappa shape index (κ2) is 3.98. The lowest BCUT2D eigenvalue weighted by Gasteiger charge is -2.33. The van der Waals surface area contributed by atoms with Crippen molar-refractivity contribution < 1.29 is 9.72 Å². The number of nitrogens with zero attached hydrogens (tertiary/aromatic N) is 3. The third-order valence-corrected chi connectivity index (χ3v) is 3.84. The number of hydrogen-bond acceptors (Lipinski definition) is 6. The summed E-state index contributed by atoms with van der Waals surface area (Å²) in [6.45, 7) is 0.146. The van der Waals surface area contributed by atoms with Gasteiger partial charge >= 0.3 is 0 Å². The Morgan fingerprint density at radius 3 is 3.11 bits per heavy atom. The van der Waals surface area contributed by atoms with Crippen LogP contribution in [0.3, 0.4) is 0 Å². The van der Waals surface area contributed by atoms with E-state index in [2.05, 4.69) is 10.5 Å². The number of fused-ring (bicyclic) bond motifs is 3. The molecule has 0 aliphatic carbocycles. The number of benzene rings is 1. The van der Waals surface area contributed by atoms with E-state index in [1.54, 1.807) is 17.0 Å². The van der Waals surface area contributed by atoms with E-state index in [9.17, 15) is 14.9 Å². The molecule has 0 unspecified atom stereocenters. The number of hydrogen-bond donors (Lipinski definition) is 1. The molecule has 0 radical (unpaired) electrons. The molecule has 1 aromatic carbocycles. The molecule has 2 aliphatic rings. The summed E-state index contributed by atoms with van der Waals surface area (Å²) in [7, 11) is 0. The molecule has 0 fully saturated rings. The third-order valence-electron chi connectivity index (χ3n) is 2.73. The zero-order valence-corrected chi connectivity index (χ0v) is 9.94. The lowest BCUT2D eigenvalue weighted by atomic mass is 10.2. The van der Waals surface area contributed by atoms with Gasteiger partial charge in [-0.2, -0.15) is 5.10 Å². The van der Waals surface area contributed by atoms with Crippen molar-refractivity contribution in [3.05, 3.63) is 28.3 Å². The smallest absolute Gasteiger partial charge is 0.285 e. The molecule has 1 amide bonds. The van der Waals surface area contributed by atoms with Crippen LogP contribution in [0.2, 0.25) is 0 Å². The maximum Gasteiger partial charge on any atom is 0.285 e. The van der Waals surface area contributed by atoms with Gasteiger partial charge in [-0.25, -0.2) is 5.43 Å². The minimum Gasteiger partial charge on any atom is -0.317 e. The first-order valence-corrected chi connectivity index (χ1v) is 6.18. The largest absolute Gasteiger partial charge is 0.317 e. The molecule has 3 rings (SSSR count). The Balaban J connectivity index is 2.13. The van der Waals surface area contributed by atoms with Crippen LogP contribution in [-0.4, -0.2) is 29.0 Å². The number of amides is 1. The molecule has 18 heavy (non-hydrogen) atoms. The highest BCUT2D eigenvalue weighted by molar-refractivity contribution is 8.00. The number of carbonyl (C=O) groups excluding carboxylic acids is 1. The van der Waals surface area contributed by atoms with Gasteiger partial charge in [0.2, 0.25) is 0 Å². The summed E-state index contributed by atoms with van der Waals surface area (Å²) >= 11 is 1.37. The predicted octanol–water partition coefficient (Wildman–Crippen LogP) is 0.950. The average molecular weight is 264 g/mol. The van der Waals surface area contributed by atoms with E-state index in [0.717, 1.165) is 0 Å². The monoisotopic (exact) mass is 264 g/mol. The highest BCUT2D eigenvalue weighted by Crippen LogP contribution is 2.41. The fraction of sp³-hybridized carbons (Fsp3) is 0.200. The van der Waals surface area contributed by atoms with E-state index in [4.69, 9.17) is 0 Å². The minimum absolute atomic E-state index is 0.0718. The van der Waals surface area contributed by atoms with Gasteiger partial charge in [0.1, 0.15) is 17.3 Å². The highest BCUT2D eigenvalue weighted by atomic mass is 32.2. The lowest BCUT2D eigenvalue weighted by molar-refractivity contribution is -0.387. The molecule has 8 heteroatoms. The van der Waals surface area contributed by atoms with Crippen molar-refractivity contribution in [3.8, 4) is 0 Å². The summed E-state index contributed by atoms with van der Waals surface area (Å²) in [6.07, 6.45) is 0. The van der Waals surface area contributed by atoms with Crippen LogP contribution in [0.25, 0.3) is 0 Å². The molecule has 0 bridgehead atoms. The number of anilines is 1. The summed E-state index contributed by atoms with van der Waals surface area (Å²) in [5, 5.41) is 14.9. The van der Waals surface area contributed by atoms with Crippen molar-refractivity contribution in [3.63, 3.8) is 0 Å². The van der Waals surface area contributed by atoms with Crippen molar-refractivity contribution in [1.29, 1.82) is 0 Å². The van der Waals surface area contributed by atoms with Gasteiger partial charge in [0.15, 0.2) is 0 Å². The predicted molar refractivity (Wildman–Crippen MR) is 66.7 cm³/mol. The van der Waals surface area contributed by atoms with Crippen molar-refractivity contribution in [2.45, 2.75) is 4.90 Å². The quantitative estimate of drug-likeness (QED) is 0.602. The van der Waals surface area contributed by atoms with E-state index in [1.807, 2.05) is 0 Å². The SMILES string of the molecule is O=C1CN2C(=NN1)CSc1c2cccc1[N+](=O)[O-]. The molecule has 0 saturated heterocycles. The lowest BCUT2D eigenvalue weighted by Crippen LogP contribution is -2.48. The van der Waals surface area contributed by atoms with Gasteiger partial charge in [0.05, 0.1) is 16.4 Å². The maximum atomic E-state index is 11.3. The normalized spacial score (nSPS) is 17.4. The highest BCUT2D eigenvalue weighted by Gasteiger charge is 2.32. The molecule has 7 nitrogen and oxygen atoms in total. The number of carbonyl (C=O) groups is 1. The fourth-order valence-electron chi connectivity index (χ4n) is 1.95. The van der Waals surface area contributed by atoms with Crippen LogP contribution < -0.4 is 10.3 Å². The average Bonchev–Trinajstić information content (AvgIpc) is 2.37. The molecule has 0 aromatic heterocycles. The van der Waals surface area contributed by atoms with Gasteiger partial charge in [-0.1, -0.05) is 6.07 Å². The molecular formula is C10H8N4O3S. The van der Waals surface area contributed by atoms with Crippen LogP contribution in [0.5, 0.6) is 0 Å².